The summed E-state index contributed by atoms with van der Waals surface area (Å²) in [5.41, 5.74) is 6.03. The maximum atomic E-state index is 11.9. The Labute approximate surface area is 98.0 Å². The third kappa shape index (κ3) is 2.89. The second kappa shape index (κ2) is 5.42. The third-order valence-electron chi connectivity index (χ3n) is 2.11. The Morgan fingerprint density at radius 3 is 2.87 bits per heavy atom. The van der Waals surface area contributed by atoms with Crippen molar-refractivity contribution in [2.24, 2.45) is 5.73 Å². The summed E-state index contributed by atoms with van der Waals surface area (Å²) in [4.78, 5) is 11.9. The maximum Gasteiger partial charge on any atom is 0.182 e. The number of carbonyl (C=O) groups excluding carboxylic acids is 1. The molecule has 1 aromatic rings. The number of nitrogens with zero attached hydrogens (tertiary/aromatic N) is 2. The molecule has 15 heavy (non-hydrogen) atoms. The molecule has 0 radical (unpaired) electrons. The molecule has 0 fully saturated rings. The smallest absolute Gasteiger partial charge is 0.182 e. The van der Waals surface area contributed by atoms with E-state index in [4.69, 9.17) is 5.73 Å². The van der Waals surface area contributed by atoms with Gasteiger partial charge in [0.2, 0.25) is 0 Å². The first-order chi connectivity index (χ1) is 7.07. The number of carbonyl (C=O) groups is 1. The fourth-order valence-corrected chi connectivity index (χ4v) is 1.87. The highest BCUT2D eigenvalue weighted by molar-refractivity contribution is 9.10. The van der Waals surface area contributed by atoms with Crippen LogP contribution in [0.4, 0.5) is 0 Å². The van der Waals surface area contributed by atoms with Gasteiger partial charge in [-0.25, -0.2) is 0 Å². The zero-order valence-corrected chi connectivity index (χ0v) is 10.6. The van der Waals surface area contributed by atoms with Crippen LogP contribution in [-0.4, -0.2) is 22.1 Å². The van der Waals surface area contributed by atoms with E-state index in [0.717, 1.165) is 4.47 Å². The summed E-state index contributed by atoms with van der Waals surface area (Å²) >= 11 is 3.34. The fraction of sp³-hybridized carbons (Fsp3) is 0.600. The molecule has 0 amide bonds. The molecule has 0 saturated heterocycles. The predicted octanol–water partition coefficient (Wildman–Crippen LogP) is 2.15. The Morgan fingerprint density at radius 1 is 1.67 bits per heavy atom. The second-order valence-corrected chi connectivity index (χ2v) is 4.55. The maximum absolute atomic E-state index is 11.9. The lowest BCUT2D eigenvalue weighted by Crippen LogP contribution is -2.14. The van der Waals surface area contributed by atoms with Crippen LogP contribution in [-0.2, 0) is 0 Å². The van der Waals surface area contributed by atoms with Crippen LogP contribution in [0.2, 0.25) is 0 Å². The lowest BCUT2D eigenvalue weighted by molar-refractivity contribution is 0.0967. The summed E-state index contributed by atoms with van der Waals surface area (Å²) in [5.74, 6) is 0.0959. The minimum atomic E-state index is 0.0959. The first kappa shape index (κ1) is 12.4. The lowest BCUT2D eigenvalue weighted by atomic mass is 10.1. The number of aromatic nitrogens is 2. The topological polar surface area (TPSA) is 60.9 Å². The summed E-state index contributed by atoms with van der Waals surface area (Å²) in [6, 6.07) is 0.188. The summed E-state index contributed by atoms with van der Waals surface area (Å²) in [7, 11) is 0. The highest BCUT2D eigenvalue weighted by Crippen LogP contribution is 2.21. The first-order valence-electron chi connectivity index (χ1n) is 5.04. The molecule has 0 aliphatic heterocycles. The molecule has 1 rings (SSSR count). The summed E-state index contributed by atoms with van der Waals surface area (Å²) in [6.07, 6.45) is 2.86. The molecule has 0 saturated carbocycles. The van der Waals surface area contributed by atoms with Gasteiger partial charge in [-0.15, -0.1) is 0 Å². The van der Waals surface area contributed by atoms with E-state index in [1.165, 1.54) is 0 Å². The van der Waals surface area contributed by atoms with Crippen LogP contribution in [0.3, 0.4) is 0 Å². The van der Waals surface area contributed by atoms with Crippen molar-refractivity contribution < 1.29 is 4.79 Å². The van der Waals surface area contributed by atoms with E-state index < -0.39 is 0 Å². The molecular formula is C10H16BrN3O. The molecular weight excluding hydrogens is 258 g/mol. The summed E-state index contributed by atoms with van der Waals surface area (Å²) in [6.45, 7) is 4.54. The summed E-state index contributed by atoms with van der Waals surface area (Å²) in [5, 5.41) is 4.16. The van der Waals surface area contributed by atoms with E-state index in [2.05, 4.69) is 21.0 Å². The average Bonchev–Trinajstić information content (AvgIpc) is 2.56. The molecule has 0 unspecified atom stereocenters. The largest absolute Gasteiger partial charge is 0.330 e. The predicted molar refractivity (Wildman–Crippen MR) is 62.9 cm³/mol. The number of halogens is 1. The monoisotopic (exact) mass is 273 g/mol. The number of rotatable bonds is 5. The minimum absolute atomic E-state index is 0.0959. The van der Waals surface area contributed by atoms with Crippen LogP contribution in [0.15, 0.2) is 10.7 Å². The summed E-state index contributed by atoms with van der Waals surface area (Å²) < 4.78 is 2.50. The van der Waals surface area contributed by atoms with Gasteiger partial charge in [0.25, 0.3) is 0 Å². The van der Waals surface area contributed by atoms with Gasteiger partial charge >= 0.3 is 0 Å². The van der Waals surface area contributed by atoms with Gasteiger partial charge in [0.15, 0.2) is 5.78 Å². The second-order valence-electron chi connectivity index (χ2n) is 3.69. The number of hydrogen-bond acceptors (Lipinski definition) is 3. The molecule has 0 bridgehead atoms. The van der Waals surface area contributed by atoms with Crippen LogP contribution >= 0.6 is 15.9 Å². The van der Waals surface area contributed by atoms with Gasteiger partial charge in [0, 0.05) is 12.5 Å². The Hall–Kier alpha value is -0.680. The first-order valence-corrected chi connectivity index (χ1v) is 5.83. The number of ketones is 1. The Balaban J connectivity index is 2.91. The van der Waals surface area contributed by atoms with Crippen LogP contribution in [0.5, 0.6) is 0 Å². The zero-order valence-electron chi connectivity index (χ0n) is 9.03. The third-order valence-corrected chi connectivity index (χ3v) is 2.69. The van der Waals surface area contributed by atoms with E-state index in [-0.39, 0.29) is 11.8 Å². The van der Waals surface area contributed by atoms with E-state index >= 15 is 0 Å². The molecule has 0 aliphatic rings. The zero-order chi connectivity index (χ0) is 11.4. The Morgan fingerprint density at radius 2 is 2.33 bits per heavy atom. The quantitative estimate of drug-likeness (QED) is 0.837. The molecule has 84 valence electrons. The van der Waals surface area contributed by atoms with Gasteiger partial charge in [-0.2, -0.15) is 5.10 Å². The number of nitrogens with two attached hydrogens (primary N) is 1. The molecule has 0 aromatic carbocycles. The molecule has 1 aromatic heterocycles. The lowest BCUT2D eigenvalue weighted by Gasteiger charge is -2.10. The van der Waals surface area contributed by atoms with Crippen molar-refractivity contribution >= 4 is 21.7 Å². The molecule has 0 aliphatic carbocycles. The van der Waals surface area contributed by atoms with Crippen LogP contribution in [0.1, 0.15) is 43.2 Å². The van der Waals surface area contributed by atoms with E-state index in [1.807, 2.05) is 13.8 Å². The SMILES string of the molecule is CC(C)n1ncc(Br)c1C(=O)CCCN. The molecule has 0 atom stereocenters. The van der Waals surface area contributed by atoms with E-state index in [9.17, 15) is 4.79 Å². The van der Waals surface area contributed by atoms with Crippen molar-refractivity contribution in [1.29, 1.82) is 0 Å². The van der Waals surface area contributed by atoms with Gasteiger partial charge in [-0.05, 0) is 42.7 Å². The number of Topliss-reactive ketones (excluding diaryl/α,β-unsaturated/α-hetero) is 1. The number of hydrogen-bond donors (Lipinski definition) is 1. The van der Waals surface area contributed by atoms with Gasteiger partial charge in [-0.3, -0.25) is 9.48 Å². The highest BCUT2D eigenvalue weighted by atomic mass is 79.9. The van der Waals surface area contributed by atoms with Gasteiger partial charge in [0.1, 0.15) is 5.69 Å². The van der Waals surface area contributed by atoms with Crippen LogP contribution in [0, 0.1) is 0 Å². The van der Waals surface area contributed by atoms with Crippen molar-refractivity contribution in [2.75, 3.05) is 6.54 Å². The Kier molecular flexibility index (Phi) is 4.47. The van der Waals surface area contributed by atoms with Gasteiger partial charge in [0.05, 0.1) is 10.7 Å². The van der Waals surface area contributed by atoms with Crippen LogP contribution < -0.4 is 5.73 Å². The molecule has 5 heteroatoms. The van der Waals surface area contributed by atoms with Crippen molar-refractivity contribution in [3.63, 3.8) is 0 Å². The molecule has 4 nitrogen and oxygen atoms in total. The normalized spacial score (nSPS) is 11.0. The Bertz CT molecular complexity index is 346. The van der Waals surface area contributed by atoms with Crippen molar-refractivity contribution in [1.82, 2.24) is 9.78 Å². The van der Waals surface area contributed by atoms with E-state index in [1.54, 1.807) is 10.9 Å². The van der Waals surface area contributed by atoms with Crippen LogP contribution in [0.25, 0.3) is 0 Å². The molecule has 2 N–H and O–H groups in total. The highest BCUT2D eigenvalue weighted by Gasteiger charge is 2.17. The fourth-order valence-electron chi connectivity index (χ4n) is 1.37. The minimum Gasteiger partial charge on any atom is -0.330 e. The van der Waals surface area contributed by atoms with Gasteiger partial charge < -0.3 is 5.73 Å². The van der Waals surface area contributed by atoms with Gasteiger partial charge in [-0.1, -0.05) is 0 Å². The van der Waals surface area contributed by atoms with Crippen molar-refractivity contribution in [3.8, 4) is 0 Å². The molecule has 1 heterocycles. The van der Waals surface area contributed by atoms with Crippen molar-refractivity contribution in [3.05, 3.63) is 16.4 Å². The molecule has 0 spiro atoms. The average molecular weight is 274 g/mol. The van der Waals surface area contributed by atoms with Crippen molar-refractivity contribution in [2.45, 2.75) is 32.7 Å². The van der Waals surface area contributed by atoms with E-state index in [0.29, 0.717) is 25.1 Å². The standard InChI is InChI=1S/C10H16BrN3O/c1-7(2)14-10(8(11)6-13-14)9(15)4-3-5-12/h6-7H,3-5,12H2,1-2H3.